The summed E-state index contributed by atoms with van der Waals surface area (Å²) in [5.41, 5.74) is 6.57. The molecule has 41 heavy (non-hydrogen) atoms. The van der Waals surface area contributed by atoms with Gasteiger partial charge in [0, 0.05) is 6.54 Å². The monoisotopic (exact) mass is 572 g/mol. The van der Waals surface area contributed by atoms with E-state index in [0.717, 1.165) is 55.7 Å². The van der Waals surface area contributed by atoms with Crippen LogP contribution in [0.25, 0.3) is 0 Å². The van der Waals surface area contributed by atoms with Gasteiger partial charge < -0.3 is 26.4 Å². The SMILES string of the molecule is C=C(CCCCC)CNC=O.C=C(OC1=C(C)C=CCC=C1)C(=O)NC1(C(N)=O)CCCCC1.CNCCC(C)C. The molecule has 0 bridgehead atoms. The molecule has 8 heteroatoms. The highest BCUT2D eigenvalue weighted by Gasteiger charge is 2.39. The van der Waals surface area contributed by atoms with E-state index in [1.165, 1.54) is 25.7 Å². The molecular formula is C33H56N4O4. The number of ether oxygens (including phenoxy) is 1. The summed E-state index contributed by atoms with van der Waals surface area (Å²) in [6, 6.07) is 0. The van der Waals surface area contributed by atoms with Crippen LogP contribution in [0, 0.1) is 5.92 Å². The van der Waals surface area contributed by atoms with Gasteiger partial charge in [-0.05, 0) is 76.6 Å². The summed E-state index contributed by atoms with van der Waals surface area (Å²) in [4.78, 5) is 34.1. The molecular weight excluding hydrogens is 516 g/mol. The Balaban J connectivity index is 0.000000737. The largest absolute Gasteiger partial charge is 0.452 e. The molecule has 0 spiro atoms. The van der Waals surface area contributed by atoms with Crippen molar-refractivity contribution in [3.05, 3.63) is 60.1 Å². The third kappa shape index (κ3) is 17.3. The first-order chi connectivity index (χ1) is 19.5. The van der Waals surface area contributed by atoms with Crippen molar-refractivity contribution in [1.29, 1.82) is 0 Å². The predicted octanol–water partition coefficient (Wildman–Crippen LogP) is 5.73. The van der Waals surface area contributed by atoms with Gasteiger partial charge in [0.1, 0.15) is 11.3 Å². The fourth-order valence-corrected chi connectivity index (χ4v) is 4.21. The topological polar surface area (TPSA) is 123 Å². The molecule has 0 unspecified atom stereocenters. The second-order valence-corrected chi connectivity index (χ2v) is 11.1. The Morgan fingerprint density at radius 1 is 1.12 bits per heavy atom. The van der Waals surface area contributed by atoms with Crippen LogP contribution in [0.3, 0.4) is 0 Å². The van der Waals surface area contributed by atoms with Crippen LogP contribution in [0.4, 0.5) is 0 Å². The molecule has 0 heterocycles. The maximum absolute atomic E-state index is 12.4. The molecule has 1 fully saturated rings. The van der Waals surface area contributed by atoms with Crippen LogP contribution in [0.5, 0.6) is 0 Å². The van der Waals surface area contributed by atoms with Crippen LogP contribution >= 0.6 is 0 Å². The number of nitrogens with two attached hydrogens (primary N) is 1. The highest BCUT2D eigenvalue weighted by molar-refractivity contribution is 5.97. The smallest absolute Gasteiger partial charge is 0.287 e. The summed E-state index contributed by atoms with van der Waals surface area (Å²) in [5.74, 6) is 0.396. The van der Waals surface area contributed by atoms with Crippen molar-refractivity contribution in [1.82, 2.24) is 16.0 Å². The minimum Gasteiger partial charge on any atom is -0.452 e. The molecule has 0 aliphatic heterocycles. The van der Waals surface area contributed by atoms with Crippen LogP contribution in [0.15, 0.2) is 60.1 Å². The van der Waals surface area contributed by atoms with E-state index in [2.05, 4.69) is 49.9 Å². The van der Waals surface area contributed by atoms with E-state index >= 15 is 0 Å². The summed E-state index contributed by atoms with van der Waals surface area (Å²) >= 11 is 0. The van der Waals surface area contributed by atoms with E-state index in [1.807, 2.05) is 38.3 Å². The lowest BCUT2D eigenvalue weighted by Gasteiger charge is -2.35. The average molecular weight is 573 g/mol. The highest BCUT2D eigenvalue weighted by atomic mass is 16.5. The first kappa shape index (κ1) is 37.9. The number of carbonyl (C=O) groups is 3. The Hall–Kier alpha value is -3.13. The number of amides is 3. The number of unbranched alkanes of at least 4 members (excludes halogenated alkanes) is 2. The van der Waals surface area contributed by atoms with E-state index in [9.17, 15) is 14.4 Å². The Morgan fingerprint density at radius 3 is 2.32 bits per heavy atom. The van der Waals surface area contributed by atoms with Crippen molar-refractivity contribution >= 4 is 18.2 Å². The van der Waals surface area contributed by atoms with Gasteiger partial charge in [0.05, 0.1) is 0 Å². The lowest BCUT2D eigenvalue weighted by molar-refractivity contribution is -0.132. The molecule has 232 valence electrons. The molecule has 8 nitrogen and oxygen atoms in total. The minimum absolute atomic E-state index is 0.0366. The lowest BCUT2D eigenvalue weighted by Crippen LogP contribution is -2.58. The van der Waals surface area contributed by atoms with Gasteiger partial charge in [-0.3, -0.25) is 14.4 Å². The Bertz CT molecular complexity index is 912. The molecule has 3 amide bonds. The maximum Gasteiger partial charge on any atom is 0.287 e. The van der Waals surface area contributed by atoms with Crippen molar-refractivity contribution in [2.45, 2.75) is 104 Å². The van der Waals surface area contributed by atoms with E-state index < -0.39 is 17.4 Å². The third-order valence-electron chi connectivity index (χ3n) is 6.86. The Labute approximate surface area is 249 Å². The molecule has 2 aliphatic carbocycles. The number of nitrogens with one attached hydrogen (secondary N) is 3. The number of primary amides is 1. The summed E-state index contributed by atoms with van der Waals surface area (Å²) in [6.45, 7) is 17.9. The van der Waals surface area contributed by atoms with E-state index in [1.54, 1.807) is 0 Å². The normalized spacial score (nSPS) is 15.4. The van der Waals surface area contributed by atoms with Crippen molar-refractivity contribution < 1.29 is 19.1 Å². The van der Waals surface area contributed by atoms with Crippen molar-refractivity contribution in [3.63, 3.8) is 0 Å². The van der Waals surface area contributed by atoms with Crippen molar-refractivity contribution in [3.8, 4) is 0 Å². The predicted molar refractivity (Wildman–Crippen MR) is 170 cm³/mol. The van der Waals surface area contributed by atoms with E-state index in [4.69, 9.17) is 10.5 Å². The number of carbonyl (C=O) groups excluding carboxylic acids is 3. The second kappa shape index (κ2) is 22.5. The van der Waals surface area contributed by atoms with Gasteiger partial charge in [-0.15, -0.1) is 0 Å². The van der Waals surface area contributed by atoms with E-state index in [-0.39, 0.29) is 5.76 Å². The summed E-state index contributed by atoms with van der Waals surface area (Å²) < 4.78 is 5.59. The quantitative estimate of drug-likeness (QED) is 0.0656. The van der Waals surface area contributed by atoms with Crippen molar-refractivity contribution in [2.24, 2.45) is 11.7 Å². The van der Waals surface area contributed by atoms with Gasteiger partial charge in [-0.1, -0.05) is 89.8 Å². The van der Waals surface area contributed by atoms with Gasteiger partial charge in [0.2, 0.25) is 12.3 Å². The molecule has 1 saturated carbocycles. The molecule has 0 atom stereocenters. The molecule has 0 saturated heterocycles. The standard InChI is InChI=1S/C18H24N2O3.C9H17NO.C6H15N/c1-13-9-5-3-6-10-15(13)23-14(2)16(21)20-18(17(19)22)11-7-4-8-12-18;1-3-4-5-6-9(2)7-10-8-11;1-6(2)4-5-7-3/h5-6,9-10H,2-4,7-8,11-12H2,1H3,(H2,19,22)(H,20,21);8H,2-7H2,1H3,(H,10,11);6-7H,4-5H2,1-3H3. The van der Waals surface area contributed by atoms with Crippen LogP contribution in [-0.4, -0.2) is 43.9 Å². The van der Waals surface area contributed by atoms with Crippen LogP contribution < -0.4 is 21.7 Å². The summed E-state index contributed by atoms with van der Waals surface area (Å²) in [6.07, 6.45) is 19.1. The fraction of sp³-hybridized carbons (Fsp3) is 0.606. The van der Waals surface area contributed by atoms with Crippen LogP contribution in [0.1, 0.15) is 98.3 Å². The Morgan fingerprint density at radius 2 is 1.78 bits per heavy atom. The maximum atomic E-state index is 12.4. The first-order valence-corrected chi connectivity index (χ1v) is 15.0. The molecule has 0 aromatic carbocycles. The molecule has 5 N–H and O–H groups in total. The first-order valence-electron chi connectivity index (χ1n) is 15.0. The van der Waals surface area contributed by atoms with Gasteiger partial charge >= 0.3 is 0 Å². The molecule has 0 aromatic rings. The van der Waals surface area contributed by atoms with Gasteiger partial charge in [0.15, 0.2) is 5.76 Å². The number of hydrogen-bond donors (Lipinski definition) is 4. The van der Waals surface area contributed by atoms with Gasteiger partial charge in [0.25, 0.3) is 5.91 Å². The fourth-order valence-electron chi connectivity index (χ4n) is 4.21. The zero-order valence-corrected chi connectivity index (χ0v) is 26.3. The zero-order chi connectivity index (χ0) is 31.1. The number of allylic oxidation sites excluding steroid dienone is 5. The highest BCUT2D eigenvalue weighted by Crippen LogP contribution is 2.28. The molecule has 0 aromatic heterocycles. The van der Waals surface area contributed by atoms with Crippen LogP contribution in [-0.2, 0) is 19.1 Å². The Kier molecular flexibility index (Phi) is 20.8. The third-order valence-corrected chi connectivity index (χ3v) is 6.86. The van der Waals surface area contributed by atoms with E-state index in [0.29, 0.717) is 31.6 Å². The molecule has 2 aliphatic rings. The number of rotatable bonds is 15. The zero-order valence-electron chi connectivity index (χ0n) is 26.3. The summed E-state index contributed by atoms with van der Waals surface area (Å²) in [5, 5.41) is 8.44. The summed E-state index contributed by atoms with van der Waals surface area (Å²) in [7, 11) is 1.99. The number of hydrogen-bond acceptors (Lipinski definition) is 5. The molecule has 2 rings (SSSR count). The molecule has 0 radical (unpaired) electrons. The van der Waals surface area contributed by atoms with Gasteiger partial charge in [-0.25, -0.2) is 0 Å². The second-order valence-electron chi connectivity index (χ2n) is 11.1. The average Bonchev–Trinajstić information content (AvgIpc) is 3.15. The minimum atomic E-state index is -0.982. The van der Waals surface area contributed by atoms with Crippen LogP contribution in [0.2, 0.25) is 0 Å². The van der Waals surface area contributed by atoms with Crippen molar-refractivity contribution in [2.75, 3.05) is 20.1 Å². The van der Waals surface area contributed by atoms with Gasteiger partial charge in [-0.2, -0.15) is 0 Å². The lowest BCUT2D eigenvalue weighted by atomic mass is 9.81.